The second-order valence-corrected chi connectivity index (χ2v) is 5.39. The molecule has 0 aliphatic carbocycles. The molecular formula is C19H19N3. The number of aromatic nitrogens is 2. The van der Waals surface area contributed by atoms with E-state index in [0.29, 0.717) is 0 Å². The molecule has 3 rings (SSSR count). The van der Waals surface area contributed by atoms with Crippen molar-refractivity contribution in [1.29, 1.82) is 0 Å². The summed E-state index contributed by atoms with van der Waals surface area (Å²) in [6.45, 7) is 3.58. The highest BCUT2D eigenvalue weighted by Gasteiger charge is 2.11. The molecule has 3 nitrogen and oxygen atoms in total. The van der Waals surface area contributed by atoms with Crippen molar-refractivity contribution >= 4 is 5.95 Å². The van der Waals surface area contributed by atoms with Crippen molar-refractivity contribution in [2.24, 2.45) is 0 Å². The van der Waals surface area contributed by atoms with Crippen LogP contribution in [0.1, 0.15) is 16.7 Å². The fourth-order valence-corrected chi connectivity index (χ4v) is 2.35. The minimum Gasteiger partial charge on any atom is -0.332 e. The molecule has 0 saturated carbocycles. The normalized spacial score (nSPS) is 10.4. The number of anilines is 1. The first-order valence-electron chi connectivity index (χ1n) is 7.43. The highest BCUT2D eigenvalue weighted by molar-refractivity contribution is 5.34. The number of benzene rings is 2. The lowest BCUT2D eigenvalue weighted by Gasteiger charge is -2.23. The van der Waals surface area contributed by atoms with Gasteiger partial charge < -0.3 is 4.90 Å². The summed E-state index contributed by atoms with van der Waals surface area (Å²) >= 11 is 0. The lowest BCUT2D eigenvalue weighted by molar-refractivity contribution is 0.762. The first-order chi connectivity index (χ1) is 10.8. The summed E-state index contributed by atoms with van der Waals surface area (Å²) in [7, 11) is 0. The molecule has 110 valence electrons. The average Bonchev–Trinajstić information content (AvgIpc) is 2.57. The Morgan fingerprint density at radius 1 is 0.727 bits per heavy atom. The van der Waals surface area contributed by atoms with Gasteiger partial charge in [-0.1, -0.05) is 60.7 Å². The molecule has 0 aliphatic heterocycles. The van der Waals surface area contributed by atoms with Crippen LogP contribution >= 0.6 is 0 Å². The summed E-state index contributed by atoms with van der Waals surface area (Å²) in [5.41, 5.74) is 3.58. The van der Waals surface area contributed by atoms with Gasteiger partial charge in [-0.05, 0) is 23.6 Å². The van der Waals surface area contributed by atoms with Crippen LogP contribution in [0.2, 0.25) is 0 Å². The number of nitrogens with zero attached hydrogens (tertiary/aromatic N) is 3. The van der Waals surface area contributed by atoms with Gasteiger partial charge in [0.05, 0.1) is 0 Å². The molecule has 1 heterocycles. The standard InChI is InChI=1S/C19H19N3/c1-16-12-20-19(21-13-16)22(14-17-8-4-2-5-9-17)15-18-10-6-3-7-11-18/h2-13H,14-15H2,1H3. The van der Waals surface area contributed by atoms with Crippen molar-refractivity contribution in [3.63, 3.8) is 0 Å². The van der Waals surface area contributed by atoms with E-state index in [1.165, 1.54) is 11.1 Å². The van der Waals surface area contributed by atoms with Crippen LogP contribution in [0.3, 0.4) is 0 Å². The van der Waals surface area contributed by atoms with E-state index < -0.39 is 0 Å². The van der Waals surface area contributed by atoms with Crippen LogP contribution in [0.15, 0.2) is 73.1 Å². The van der Waals surface area contributed by atoms with Crippen LogP contribution in [0, 0.1) is 6.92 Å². The third kappa shape index (κ3) is 3.70. The maximum Gasteiger partial charge on any atom is 0.225 e. The SMILES string of the molecule is Cc1cnc(N(Cc2ccccc2)Cc2ccccc2)nc1. The van der Waals surface area contributed by atoms with Crippen LogP contribution < -0.4 is 4.90 Å². The molecule has 3 heteroatoms. The first kappa shape index (κ1) is 14.3. The highest BCUT2D eigenvalue weighted by Crippen LogP contribution is 2.16. The second-order valence-electron chi connectivity index (χ2n) is 5.39. The van der Waals surface area contributed by atoms with Crippen molar-refractivity contribution in [3.05, 3.63) is 89.7 Å². The molecular weight excluding hydrogens is 270 g/mol. The van der Waals surface area contributed by atoms with Crippen LogP contribution in [0.4, 0.5) is 5.95 Å². The fourth-order valence-electron chi connectivity index (χ4n) is 2.35. The molecule has 0 radical (unpaired) electrons. The molecule has 0 N–H and O–H groups in total. The van der Waals surface area contributed by atoms with E-state index in [4.69, 9.17) is 0 Å². The Balaban J connectivity index is 1.86. The molecule has 0 spiro atoms. The van der Waals surface area contributed by atoms with E-state index in [0.717, 1.165) is 24.6 Å². The van der Waals surface area contributed by atoms with Gasteiger partial charge in [0, 0.05) is 25.5 Å². The summed E-state index contributed by atoms with van der Waals surface area (Å²) in [4.78, 5) is 11.2. The Hall–Kier alpha value is -2.68. The molecule has 0 amide bonds. The summed E-state index contributed by atoms with van der Waals surface area (Å²) in [5, 5.41) is 0. The van der Waals surface area contributed by atoms with Crippen LogP contribution in [0.5, 0.6) is 0 Å². The largest absolute Gasteiger partial charge is 0.332 e. The Morgan fingerprint density at radius 3 is 1.64 bits per heavy atom. The second kappa shape index (κ2) is 6.85. The van der Waals surface area contributed by atoms with Crippen LogP contribution in [-0.4, -0.2) is 9.97 Å². The summed E-state index contributed by atoms with van der Waals surface area (Å²) < 4.78 is 0. The van der Waals surface area contributed by atoms with Gasteiger partial charge in [-0.3, -0.25) is 0 Å². The summed E-state index contributed by atoms with van der Waals surface area (Å²) in [5.74, 6) is 0.762. The zero-order valence-electron chi connectivity index (χ0n) is 12.7. The lowest BCUT2D eigenvalue weighted by Crippen LogP contribution is -2.24. The summed E-state index contributed by atoms with van der Waals surface area (Å²) in [6, 6.07) is 20.8. The Kier molecular flexibility index (Phi) is 4.44. The molecule has 0 fully saturated rings. The van der Waals surface area contributed by atoms with E-state index >= 15 is 0 Å². The van der Waals surface area contributed by atoms with E-state index in [2.05, 4.69) is 63.4 Å². The molecule has 0 unspecified atom stereocenters. The van der Waals surface area contributed by atoms with Gasteiger partial charge in [-0.15, -0.1) is 0 Å². The smallest absolute Gasteiger partial charge is 0.225 e. The van der Waals surface area contributed by atoms with Gasteiger partial charge in [0.1, 0.15) is 0 Å². The predicted octanol–water partition coefficient (Wildman–Crippen LogP) is 3.99. The van der Waals surface area contributed by atoms with E-state index in [9.17, 15) is 0 Å². The quantitative estimate of drug-likeness (QED) is 0.711. The van der Waals surface area contributed by atoms with Gasteiger partial charge in [-0.2, -0.15) is 0 Å². The van der Waals surface area contributed by atoms with Crippen molar-refractivity contribution in [1.82, 2.24) is 9.97 Å². The van der Waals surface area contributed by atoms with E-state index in [1.54, 1.807) is 0 Å². The fraction of sp³-hybridized carbons (Fsp3) is 0.158. The minimum absolute atomic E-state index is 0.762. The first-order valence-corrected chi connectivity index (χ1v) is 7.43. The van der Waals surface area contributed by atoms with E-state index in [1.807, 2.05) is 31.5 Å². The molecule has 0 saturated heterocycles. The van der Waals surface area contributed by atoms with Crippen LogP contribution in [-0.2, 0) is 13.1 Å². The molecule has 1 aromatic heterocycles. The molecule has 3 aromatic rings. The molecule has 2 aromatic carbocycles. The molecule has 22 heavy (non-hydrogen) atoms. The number of hydrogen-bond acceptors (Lipinski definition) is 3. The average molecular weight is 289 g/mol. The van der Waals surface area contributed by atoms with Gasteiger partial charge in [0.15, 0.2) is 0 Å². The Labute approximate surface area is 131 Å². The van der Waals surface area contributed by atoms with Gasteiger partial charge in [0.2, 0.25) is 5.95 Å². The Morgan fingerprint density at radius 2 is 1.18 bits per heavy atom. The zero-order valence-corrected chi connectivity index (χ0v) is 12.7. The van der Waals surface area contributed by atoms with Gasteiger partial charge in [-0.25, -0.2) is 9.97 Å². The maximum atomic E-state index is 4.49. The number of hydrogen-bond donors (Lipinski definition) is 0. The van der Waals surface area contributed by atoms with Crippen molar-refractivity contribution in [3.8, 4) is 0 Å². The highest BCUT2D eigenvalue weighted by atomic mass is 15.2. The summed E-state index contributed by atoms with van der Waals surface area (Å²) in [6.07, 6.45) is 3.73. The van der Waals surface area contributed by atoms with Gasteiger partial charge in [0.25, 0.3) is 0 Å². The van der Waals surface area contributed by atoms with E-state index in [-0.39, 0.29) is 0 Å². The van der Waals surface area contributed by atoms with Crippen molar-refractivity contribution in [2.75, 3.05) is 4.90 Å². The third-order valence-corrected chi connectivity index (χ3v) is 3.48. The number of rotatable bonds is 5. The maximum absolute atomic E-state index is 4.49. The topological polar surface area (TPSA) is 29.0 Å². The minimum atomic E-state index is 0.762. The lowest BCUT2D eigenvalue weighted by atomic mass is 10.2. The van der Waals surface area contributed by atoms with Crippen LogP contribution in [0.25, 0.3) is 0 Å². The van der Waals surface area contributed by atoms with Crippen molar-refractivity contribution in [2.45, 2.75) is 20.0 Å². The zero-order chi connectivity index (χ0) is 15.2. The monoisotopic (exact) mass is 289 g/mol. The third-order valence-electron chi connectivity index (χ3n) is 3.48. The van der Waals surface area contributed by atoms with Crippen molar-refractivity contribution < 1.29 is 0 Å². The predicted molar refractivity (Wildman–Crippen MR) is 89.5 cm³/mol. The molecule has 0 aliphatic rings. The van der Waals surface area contributed by atoms with Gasteiger partial charge >= 0.3 is 0 Å². The Bertz CT molecular complexity index is 652. The number of aryl methyl sites for hydroxylation is 1. The molecule has 0 atom stereocenters. The molecule has 0 bridgehead atoms.